The lowest BCUT2D eigenvalue weighted by Crippen LogP contribution is -2.05. The molecule has 0 saturated heterocycles. The number of aromatic nitrogens is 3. The molecule has 0 unspecified atom stereocenters. The number of carboxylic acids is 1. The maximum Gasteiger partial charge on any atom is 0.354 e. The zero-order valence-electron chi connectivity index (χ0n) is 11.8. The summed E-state index contributed by atoms with van der Waals surface area (Å²) in [6, 6.07) is 4.95. The van der Waals surface area contributed by atoms with Crippen molar-refractivity contribution in [3.05, 3.63) is 51.0 Å². The molecule has 8 heteroatoms. The summed E-state index contributed by atoms with van der Waals surface area (Å²) < 4.78 is 1.43. The van der Waals surface area contributed by atoms with Crippen molar-refractivity contribution < 1.29 is 9.90 Å². The van der Waals surface area contributed by atoms with Gasteiger partial charge < -0.3 is 5.11 Å². The van der Waals surface area contributed by atoms with Crippen LogP contribution in [0.3, 0.4) is 0 Å². The van der Waals surface area contributed by atoms with Crippen molar-refractivity contribution in [1.82, 2.24) is 14.4 Å². The Morgan fingerprint density at radius 2 is 2.00 bits per heavy atom. The molecule has 3 aromatic rings. The lowest BCUT2D eigenvalue weighted by molar-refractivity contribution is 0.0688. The van der Waals surface area contributed by atoms with Crippen LogP contribution in [0.15, 0.2) is 24.4 Å². The number of hydrogen-bond acceptors (Lipinski definition) is 3. The minimum Gasteiger partial charge on any atom is -0.477 e. The summed E-state index contributed by atoms with van der Waals surface area (Å²) in [5.41, 5.74) is 1.88. The third-order valence-electron chi connectivity index (χ3n) is 3.37. The molecule has 118 valence electrons. The van der Waals surface area contributed by atoms with Crippen molar-refractivity contribution >= 4 is 46.4 Å². The maximum atomic E-state index is 11.6. The van der Waals surface area contributed by atoms with E-state index >= 15 is 0 Å². The number of carboxylic acid groups (broad SMARTS) is 1. The highest BCUT2D eigenvalue weighted by atomic mass is 35.5. The van der Waals surface area contributed by atoms with Crippen LogP contribution < -0.4 is 0 Å². The van der Waals surface area contributed by atoms with E-state index in [2.05, 4.69) is 9.97 Å². The monoisotopic (exact) mass is 369 g/mol. The molecule has 0 aliphatic rings. The van der Waals surface area contributed by atoms with Crippen LogP contribution in [-0.4, -0.2) is 25.4 Å². The molecule has 5 nitrogen and oxygen atoms in total. The van der Waals surface area contributed by atoms with Gasteiger partial charge in [0.05, 0.1) is 10.7 Å². The third kappa shape index (κ3) is 2.76. The fraction of sp³-hybridized carbons (Fsp3) is 0.133. The second-order valence-corrected chi connectivity index (χ2v) is 6.03. The van der Waals surface area contributed by atoms with Crippen LogP contribution in [0.1, 0.15) is 23.1 Å². The molecule has 0 radical (unpaired) electrons. The van der Waals surface area contributed by atoms with E-state index in [1.165, 1.54) is 10.6 Å². The minimum absolute atomic E-state index is 0.0677. The number of carbonyl (C=O) groups is 1. The summed E-state index contributed by atoms with van der Waals surface area (Å²) in [4.78, 5) is 20.2. The van der Waals surface area contributed by atoms with Crippen LogP contribution in [0, 0.1) is 0 Å². The highest BCUT2D eigenvalue weighted by molar-refractivity contribution is 6.36. The van der Waals surface area contributed by atoms with E-state index in [0.29, 0.717) is 39.1 Å². The molecule has 3 rings (SSSR count). The van der Waals surface area contributed by atoms with Gasteiger partial charge >= 0.3 is 5.97 Å². The predicted octanol–water partition coefficient (Wildman–Crippen LogP) is 4.62. The van der Waals surface area contributed by atoms with E-state index < -0.39 is 5.97 Å². The number of aryl methyl sites for hydroxylation is 1. The molecule has 1 aromatic carbocycles. The normalized spacial score (nSPS) is 11.1. The molecule has 23 heavy (non-hydrogen) atoms. The Morgan fingerprint density at radius 1 is 1.26 bits per heavy atom. The van der Waals surface area contributed by atoms with Gasteiger partial charge in [0.15, 0.2) is 11.3 Å². The number of hydrogen-bond donors (Lipinski definition) is 1. The van der Waals surface area contributed by atoms with Crippen LogP contribution in [0.5, 0.6) is 0 Å². The van der Waals surface area contributed by atoms with E-state index in [0.717, 1.165) is 0 Å². The average molecular weight is 371 g/mol. The molecule has 1 N–H and O–H groups in total. The zero-order chi connectivity index (χ0) is 16.7. The number of benzene rings is 1. The van der Waals surface area contributed by atoms with Crippen molar-refractivity contribution in [2.24, 2.45) is 0 Å². The molecular formula is C15H10Cl3N3O2. The van der Waals surface area contributed by atoms with Crippen molar-refractivity contribution in [2.45, 2.75) is 13.3 Å². The largest absolute Gasteiger partial charge is 0.477 e. The Hall–Kier alpha value is -1.82. The molecule has 0 aliphatic carbocycles. The number of rotatable bonds is 3. The number of halogens is 3. The topological polar surface area (TPSA) is 67.5 Å². The fourth-order valence-electron chi connectivity index (χ4n) is 2.40. The molecule has 0 aliphatic heterocycles. The molecule has 0 spiro atoms. The summed E-state index contributed by atoms with van der Waals surface area (Å²) >= 11 is 18.2. The minimum atomic E-state index is -1.08. The molecule has 0 bridgehead atoms. The van der Waals surface area contributed by atoms with Gasteiger partial charge in [-0.25, -0.2) is 14.8 Å². The third-order valence-corrected chi connectivity index (χ3v) is 4.10. The van der Waals surface area contributed by atoms with Gasteiger partial charge in [-0.05, 0) is 24.6 Å². The van der Waals surface area contributed by atoms with Crippen LogP contribution in [0.4, 0.5) is 0 Å². The lowest BCUT2D eigenvalue weighted by Gasteiger charge is -2.07. The summed E-state index contributed by atoms with van der Waals surface area (Å²) in [5, 5.41) is 10.5. The highest BCUT2D eigenvalue weighted by Crippen LogP contribution is 2.33. The number of fused-ring (bicyclic) bond motifs is 1. The van der Waals surface area contributed by atoms with E-state index in [1.807, 2.05) is 6.92 Å². The second kappa shape index (κ2) is 6.00. The Labute approximate surface area is 146 Å². The smallest absolute Gasteiger partial charge is 0.354 e. The summed E-state index contributed by atoms with van der Waals surface area (Å²) in [6.07, 6.45) is 1.90. The van der Waals surface area contributed by atoms with Gasteiger partial charge in [0.1, 0.15) is 10.8 Å². The van der Waals surface area contributed by atoms with E-state index in [1.54, 1.807) is 18.2 Å². The molecule has 2 heterocycles. The van der Waals surface area contributed by atoms with Gasteiger partial charge in [-0.15, -0.1) is 0 Å². The second-order valence-electron chi connectivity index (χ2n) is 4.80. The summed E-state index contributed by atoms with van der Waals surface area (Å²) in [7, 11) is 0. The van der Waals surface area contributed by atoms with Gasteiger partial charge in [-0.1, -0.05) is 41.7 Å². The van der Waals surface area contributed by atoms with Crippen molar-refractivity contribution in [1.29, 1.82) is 0 Å². The van der Waals surface area contributed by atoms with Crippen molar-refractivity contribution in [3.8, 4) is 11.3 Å². The van der Waals surface area contributed by atoms with Gasteiger partial charge in [-0.2, -0.15) is 0 Å². The first-order valence-electron chi connectivity index (χ1n) is 6.68. The standard InChI is InChI=1S/C15H10Cl3N3O2/c1-2-10-13(15(22)23)21-6-11(18)20-12(14(21)19-10)8-4-3-7(16)5-9(8)17/h3-6H,2H2,1H3,(H,22,23). The molecule has 0 fully saturated rings. The number of imidazole rings is 1. The van der Waals surface area contributed by atoms with E-state index in [4.69, 9.17) is 34.8 Å². The van der Waals surface area contributed by atoms with Gasteiger partial charge in [0.2, 0.25) is 0 Å². The summed E-state index contributed by atoms with van der Waals surface area (Å²) in [6.45, 7) is 1.83. The molecule has 0 atom stereocenters. The van der Waals surface area contributed by atoms with Crippen LogP contribution in [0.25, 0.3) is 16.9 Å². The first-order chi connectivity index (χ1) is 10.9. The van der Waals surface area contributed by atoms with Crippen LogP contribution in [-0.2, 0) is 6.42 Å². The van der Waals surface area contributed by atoms with Crippen molar-refractivity contribution in [3.63, 3.8) is 0 Å². The molecule has 0 amide bonds. The Balaban J connectivity index is 2.40. The highest BCUT2D eigenvalue weighted by Gasteiger charge is 2.22. The average Bonchev–Trinajstić information content (AvgIpc) is 2.85. The quantitative estimate of drug-likeness (QED) is 0.730. The number of aromatic carboxylic acids is 1. The Morgan fingerprint density at radius 3 is 2.61 bits per heavy atom. The van der Waals surface area contributed by atoms with Crippen molar-refractivity contribution in [2.75, 3.05) is 0 Å². The SMILES string of the molecule is CCc1nc2c(-c3ccc(Cl)cc3Cl)nc(Cl)cn2c1C(=O)O. The first-order valence-corrected chi connectivity index (χ1v) is 7.82. The van der Waals surface area contributed by atoms with E-state index in [-0.39, 0.29) is 10.8 Å². The zero-order valence-corrected chi connectivity index (χ0v) is 14.1. The first kappa shape index (κ1) is 16.1. The van der Waals surface area contributed by atoms with Gasteiger partial charge in [0, 0.05) is 16.8 Å². The molecular weight excluding hydrogens is 361 g/mol. The van der Waals surface area contributed by atoms with E-state index in [9.17, 15) is 9.90 Å². The van der Waals surface area contributed by atoms with Crippen LogP contribution >= 0.6 is 34.8 Å². The van der Waals surface area contributed by atoms with Gasteiger partial charge in [-0.3, -0.25) is 4.40 Å². The molecule has 2 aromatic heterocycles. The number of nitrogens with zero attached hydrogens (tertiary/aromatic N) is 3. The fourth-order valence-corrected chi connectivity index (χ4v) is 3.08. The predicted molar refractivity (Wildman–Crippen MR) is 89.8 cm³/mol. The lowest BCUT2D eigenvalue weighted by atomic mass is 10.1. The Kier molecular flexibility index (Phi) is 4.19. The van der Waals surface area contributed by atoms with Crippen LogP contribution in [0.2, 0.25) is 15.2 Å². The molecule has 0 saturated carbocycles. The van der Waals surface area contributed by atoms with Gasteiger partial charge in [0.25, 0.3) is 0 Å². The Bertz CT molecular complexity index is 937. The summed E-state index contributed by atoms with van der Waals surface area (Å²) in [5.74, 6) is -1.08. The maximum absolute atomic E-state index is 11.6.